The number of benzene rings is 1. The van der Waals surface area contributed by atoms with Gasteiger partial charge in [0.25, 0.3) is 0 Å². The Balaban J connectivity index is 1.48. The Labute approximate surface area is 130 Å². The highest BCUT2D eigenvalue weighted by Gasteiger charge is 2.24. The molecule has 0 amide bonds. The Morgan fingerprint density at radius 1 is 1.10 bits per heavy atom. The van der Waals surface area contributed by atoms with Crippen molar-refractivity contribution in [2.24, 2.45) is 0 Å². The molecule has 3 nitrogen and oxygen atoms in total. The van der Waals surface area contributed by atoms with Gasteiger partial charge in [-0.25, -0.2) is 0 Å². The van der Waals surface area contributed by atoms with Crippen LogP contribution in [0.5, 0.6) is 0 Å². The molecule has 0 spiro atoms. The van der Waals surface area contributed by atoms with Crippen molar-refractivity contribution < 1.29 is 4.21 Å². The van der Waals surface area contributed by atoms with Crippen molar-refractivity contribution in [2.75, 3.05) is 24.6 Å². The predicted molar refractivity (Wildman–Crippen MR) is 88.8 cm³/mol. The topological polar surface area (TPSA) is 32.3 Å². The van der Waals surface area contributed by atoms with Crippen molar-refractivity contribution in [1.82, 2.24) is 10.2 Å². The van der Waals surface area contributed by atoms with Gasteiger partial charge < -0.3 is 5.32 Å². The first kappa shape index (κ1) is 15.2. The van der Waals surface area contributed by atoms with Crippen LogP contribution in [0, 0.1) is 0 Å². The van der Waals surface area contributed by atoms with Crippen LogP contribution in [0.2, 0.25) is 0 Å². The third-order valence-electron chi connectivity index (χ3n) is 4.61. The van der Waals surface area contributed by atoms with E-state index in [0.717, 1.165) is 37.4 Å². The standard InChI is InChI=1S/C17H26N2OS/c20-21-11-8-16(9-12-21)18-17-7-4-10-19(14-17)13-15-5-2-1-3-6-15/h1-3,5-6,16-18H,4,7-14H2. The molecule has 1 aromatic rings. The zero-order valence-corrected chi connectivity index (χ0v) is 13.5. The SMILES string of the molecule is O=S1CCC(NC2CCCN(Cc3ccccc3)C2)CC1. The minimum absolute atomic E-state index is 0.551. The molecule has 2 saturated heterocycles. The van der Waals surface area contributed by atoms with E-state index in [-0.39, 0.29) is 0 Å². The van der Waals surface area contributed by atoms with E-state index in [9.17, 15) is 4.21 Å². The quantitative estimate of drug-likeness (QED) is 0.925. The van der Waals surface area contributed by atoms with Crippen LogP contribution >= 0.6 is 0 Å². The Morgan fingerprint density at radius 3 is 2.62 bits per heavy atom. The molecule has 2 aliphatic rings. The molecule has 2 heterocycles. The monoisotopic (exact) mass is 306 g/mol. The normalized spacial score (nSPS) is 31.1. The third kappa shape index (κ3) is 4.63. The number of hydrogen-bond acceptors (Lipinski definition) is 3. The first-order chi connectivity index (χ1) is 10.3. The van der Waals surface area contributed by atoms with E-state index >= 15 is 0 Å². The van der Waals surface area contributed by atoms with Crippen LogP contribution in [0.3, 0.4) is 0 Å². The minimum atomic E-state index is -0.551. The molecular weight excluding hydrogens is 280 g/mol. The molecule has 0 aliphatic carbocycles. The van der Waals surface area contributed by atoms with E-state index in [0.29, 0.717) is 12.1 Å². The summed E-state index contributed by atoms with van der Waals surface area (Å²) in [4.78, 5) is 2.57. The average Bonchev–Trinajstić information content (AvgIpc) is 2.51. The largest absolute Gasteiger partial charge is 0.310 e. The molecule has 0 bridgehead atoms. The zero-order chi connectivity index (χ0) is 14.5. The molecular formula is C17H26N2OS. The maximum Gasteiger partial charge on any atom is 0.0249 e. The van der Waals surface area contributed by atoms with Gasteiger partial charge in [-0.2, -0.15) is 0 Å². The van der Waals surface area contributed by atoms with Crippen LogP contribution in [0.25, 0.3) is 0 Å². The molecule has 1 N–H and O–H groups in total. The number of nitrogens with one attached hydrogen (secondary N) is 1. The zero-order valence-electron chi connectivity index (χ0n) is 12.7. The molecule has 4 heteroatoms. The number of nitrogens with zero attached hydrogens (tertiary/aromatic N) is 1. The van der Waals surface area contributed by atoms with Gasteiger partial charge in [0, 0.05) is 47.5 Å². The molecule has 0 aromatic heterocycles. The van der Waals surface area contributed by atoms with Gasteiger partial charge in [-0.1, -0.05) is 30.3 Å². The number of piperidine rings is 1. The lowest BCUT2D eigenvalue weighted by molar-refractivity contribution is 0.174. The van der Waals surface area contributed by atoms with Gasteiger partial charge in [0.15, 0.2) is 0 Å². The molecule has 1 aromatic carbocycles. The fourth-order valence-electron chi connectivity index (χ4n) is 3.47. The molecule has 1 atom stereocenters. The molecule has 1 unspecified atom stereocenters. The lowest BCUT2D eigenvalue weighted by Crippen LogP contribution is -2.50. The molecule has 3 rings (SSSR count). The van der Waals surface area contributed by atoms with Gasteiger partial charge in [-0.05, 0) is 37.8 Å². The summed E-state index contributed by atoms with van der Waals surface area (Å²) in [5, 5.41) is 3.82. The van der Waals surface area contributed by atoms with Crippen LogP contribution in [0.15, 0.2) is 30.3 Å². The second-order valence-electron chi connectivity index (χ2n) is 6.35. The maximum atomic E-state index is 11.4. The lowest BCUT2D eigenvalue weighted by Gasteiger charge is -2.36. The summed E-state index contributed by atoms with van der Waals surface area (Å²) in [6.07, 6.45) is 4.73. The van der Waals surface area contributed by atoms with Crippen LogP contribution in [0.4, 0.5) is 0 Å². The van der Waals surface area contributed by atoms with Crippen LogP contribution in [0.1, 0.15) is 31.2 Å². The van der Waals surface area contributed by atoms with E-state index in [1.165, 1.54) is 24.9 Å². The Morgan fingerprint density at radius 2 is 1.86 bits per heavy atom. The molecule has 2 aliphatic heterocycles. The second kappa shape index (κ2) is 7.52. The Kier molecular flexibility index (Phi) is 5.44. The van der Waals surface area contributed by atoms with Gasteiger partial charge in [0.05, 0.1) is 0 Å². The molecule has 0 saturated carbocycles. The summed E-state index contributed by atoms with van der Waals surface area (Å²) in [5.74, 6) is 1.77. The van der Waals surface area contributed by atoms with Crippen molar-refractivity contribution in [1.29, 1.82) is 0 Å². The maximum absolute atomic E-state index is 11.4. The molecule has 2 fully saturated rings. The number of hydrogen-bond donors (Lipinski definition) is 1. The molecule has 116 valence electrons. The summed E-state index contributed by atoms with van der Waals surface area (Å²) < 4.78 is 11.4. The van der Waals surface area contributed by atoms with Crippen molar-refractivity contribution in [3.8, 4) is 0 Å². The Hall–Kier alpha value is -0.710. The van der Waals surface area contributed by atoms with Crippen molar-refractivity contribution in [3.63, 3.8) is 0 Å². The van der Waals surface area contributed by atoms with Gasteiger partial charge in [-0.15, -0.1) is 0 Å². The van der Waals surface area contributed by atoms with Crippen LogP contribution in [-0.4, -0.2) is 45.8 Å². The van der Waals surface area contributed by atoms with Crippen molar-refractivity contribution >= 4 is 10.8 Å². The average molecular weight is 306 g/mol. The second-order valence-corrected chi connectivity index (χ2v) is 8.05. The summed E-state index contributed by atoms with van der Waals surface area (Å²) in [5.41, 5.74) is 1.41. The third-order valence-corrected chi connectivity index (χ3v) is 6.00. The van der Waals surface area contributed by atoms with E-state index in [2.05, 4.69) is 40.5 Å². The number of rotatable bonds is 4. The lowest BCUT2D eigenvalue weighted by atomic mass is 10.0. The highest BCUT2D eigenvalue weighted by molar-refractivity contribution is 7.85. The number of likely N-dealkylation sites (tertiary alicyclic amines) is 1. The highest BCUT2D eigenvalue weighted by atomic mass is 32.2. The summed E-state index contributed by atoms with van der Waals surface area (Å²) >= 11 is 0. The van der Waals surface area contributed by atoms with Crippen molar-refractivity contribution in [3.05, 3.63) is 35.9 Å². The summed E-state index contributed by atoms with van der Waals surface area (Å²) in [6.45, 7) is 3.42. The van der Waals surface area contributed by atoms with E-state index in [4.69, 9.17) is 0 Å². The minimum Gasteiger partial charge on any atom is -0.310 e. The molecule has 0 radical (unpaired) electrons. The van der Waals surface area contributed by atoms with Gasteiger partial charge in [-0.3, -0.25) is 9.11 Å². The van der Waals surface area contributed by atoms with Gasteiger partial charge in [0.1, 0.15) is 0 Å². The van der Waals surface area contributed by atoms with Crippen LogP contribution in [-0.2, 0) is 17.3 Å². The van der Waals surface area contributed by atoms with E-state index in [1.54, 1.807) is 0 Å². The van der Waals surface area contributed by atoms with Gasteiger partial charge >= 0.3 is 0 Å². The van der Waals surface area contributed by atoms with Crippen molar-refractivity contribution in [2.45, 2.75) is 44.3 Å². The van der Waals surface area contributed by atoms with Gasteiger partial charge in [0.2, 0.25) is 0 Å². The fourth-order valence-corrected chi connectivity index (χ4v) is 4.77. The summed E-state index contributed by atoms with van der Waals surface area (Å²) in [7, 11) is -0.551. The molecule has 21 heavy (non-hydrogen) atoms. The predicted octanol–water partition coefficient (Wildman–Crippen LogP) is 2.15. The van der Waals surface area contributed by atoms with Crippen LogP contribution < -0.4 is 5.32 Å². The first-order valence-electron chi connectivity index (χ1n) is 8.17. The van der Waals surface area contributed by atoms with E-state index < -0.39 is 10.8 Å². The first-order valence-corrected chi connectivity index (χ1v) is 9.66. The highest BCUT2D eigenvalue weighted by Crippen LogP contribution is 2.17. The fraction of sp³-hybridized carbons (Fsp3) is 0.647. The Bertz CT molecular complexity index is 455. The summed E-state index contributed by atoms with van der Waals surface area (Å²) in [6, 6.07) is 12.0. The van der Waals surface area contributed by atoms with E-state index in [1.807, 2.05) is 0 Å². The smallest absolute Gasteiger partial charge is 0.0249 e.